The number of fused-ring (bicyclic) bond motifs is 1. The molecule has 0 atom stereocenters. The molecular formula is C27H22BrIN2O4. The standard InChI is InChI=1S/C27H22BrIN2O4/c1-33-24-14-21(9-10-23(24)29)27(32)31-30-15-18-12-22(28)26(25(13-18)34-2)35-16-17-7-8-19-5-3-4-6-20(19)11-17/h3-15H,16H2,1-2H3,(H,31,32)/b30-15-. The first-order valence-electron chi connectivity index (χ1n) is 10.6. The van der Waals surface area contributed by atoms with Crippen molar-refractivity contribution in [2.24, 2.45) is 5.10 Å². The topological polar surface area (TPSA) is 69.2 Å². The van der Waals surface area contributed by atoms with E-state index in [1.54, 1.807) is 38.6 Å². The first-order valence-corrected chi connectivity index (χ1v) is 12.5. The maximum Gasteiger partial charge on any atom is 0.271 e. The lowest BCUT2D eigenvalue weighted by Crippen LogP contribution is -2.17. The smallest absolute Gasteiger partial charge is 0.271 e. The fraction of sp³-hybridized carbons (Fsp3) is 0.111. The minimum Gasteiger partial charge on any atom is -0.496 e. The highest BCUT2D eigenvalue weighted by atomic mass is 127. The van der Waals surface area contributed by atoms with E-state index in [4.69, 9.17) is 14.2 Å². The van der Waals surface area contributed by atoms with E-state index in [9.17, 15) is 4.79 Å². The third-order valence-electron chi connectivity index (χ3n) is 5.24. The summed E-state index contributed by atoms with van der Waals surface area (Å²) in [4.78, 5) is 12.4. The average molecular weight is 645 g/mol. The number of benzene rings is 4. The van der Waals surface area contributed by atoms with Crippen molar-refractivity contribution in [3.63, 3.8) is 0 Å². The van der Waals surface area contributed by atoms with Crippen LogP contribution in [0.1, 0.15) is 21.5 Å². The second-order valence-electron chi connectivity index (χ2n) is 7.55. The minimum absolute atomic E-state index is 0.336. The second kappa shape index (κ2) is 11.5. The SMILES string of the molecule is COc1cc(C(=O)N/N=C\c2cc(Br)c(OCc3ccc4ccccc4c3)c(OC)c2)ccc1I. The Balaban J connectivity index is 1.44. The summed E-state index contributed by atoms with van der Waals surface area (Å²) in [6.45, 7) is 0.392. The van der Waals surface area contributed by atoms with Gasteiger partial charge < -0.3 is 14.2 Å². The van der Waals surface area contributed by atoms with E-state index >= 15 is 0 Å². The van der Waals surface area contributed by atoms with Crippen molar-refractivity contribution >= 4 is 61.4 Å². The van der Waals surface area contributed by atoms with Gasteiger partial charge in [0.15, 0.2) is 11.5 Å². The van der Waals surface area contributed by atoms with Crippen LogP contribution in [0.5, 0.6) is 17.2 Å². The molecule has 1 amide bonds. The van der Waals surface area contributed by atoms with Crippen molar-refractivity contribution in [1.29, 1.82) is 0 Å². The van der Waals surface area contributed by atoms with Crippen LogP contribution < -0.4 is 19.6 Å². The molecule has 1 N–H and O–H groups in total. The van der Waals surface area contributed by atoms with Gasteiger partial charge in [0.2, 0.25) is 0 Å². The van der Waals surface area contributed by atoms with Crippen LogP contribution in [0.4, 0.5) is 0 Å². The van der Waals surface area contributed by atoms with Gasteiger partial charge in [-0.25, -0.2) is 5.43 Å². The number of amides is 1. The van der Waals surface area contributed by atoms with E-state index in [2.05, 4.69) is 79.4 Å². The van der Waals surface area contributed by atoms with Gasteiger partial charge in [-0.3, -0.25) is 4.79 Å². The number of hydrogen-bond acceptors (Lipinski definition) is 5. The normalized spacial score (nSPS) is 11.0. The molecule has 0 radical (unpaired) electrons. The van der Waals surface area contributed by atoms with Gasteiger partial charge in [0.1, 0.15) is 12.4 Å². The highest BCUT2D eigenvalue weighted by Gasteiger charge is 2.12. The number of hydrogen-bond donors (Lipinski definition) is 1. The number of nitrogens with zero attached hydrogens (tertiary/aromatic N) is 1. The Labute approximate surface area is 225 Å². The molecule has 0 spiro atoms. The third kappa shape index (κ3) is 6.12. The van der Waals surface area contributed by atoms with E-state index in [1.165, 1.54) is 5.39 Å². The molecular weight excluding hydrogens is 623 g/mol. The Hall–Kier alpha value is -3.11. The molecule has 178 valence electrons. The van der Waals surface area contributed by atoms with Crippen LogP contribution in [0, 0.1) is 3.57 Å². The minimum atomic E-state index is -0.336. The van der Waals surface area contributed by atoms with Crippen molar-refractivity contribution in [1.82, 2.24) is 5.43 Å². The Morgan fingerprint density at radius 1 is 0.971 bits per heavy atom. The highest BCUT2D eigenvalue weighted by molar-refractivity contribution is 14.1. The molecule has 0 fully saturated rings. The van der Waals surface area contributed by atoms with Gasteiger partial charge in [-0.05, 0) is 96.8 Å². The van der Waals surface area contributed by atoms with Crippen LogP contribution in [0.25, 0.3) is 10.8 Å². The number of hydrazone groups is 1. The molecule has 0 unspecified atom stereocenters. The summed E-state index contributed by atoms with van der Waals surface area (Å²) in [6.07, 6.45) is 1.54. The van der Waals surface area contributed by atoms with Gasteiger partial charge >= 0.3 is 0 Å². The molecule has 0 aliphatic rings. The maximum absolute atomic E-state index is 12.4. The predicted octanol–water partition coefficient (Wildman–Crippen LogP) is 6.57. The van der Waals surface area contributed by atoms with Crippen molar-refractivity contribution < 1.29 is 19.0 Å². The molecule has 0 aliphatic carbocycles. The van der Waals surface area contributed by atoms with Crippen molar-refractivity contribution in [2.75, 3.05) is 14.2 Å². The fourth-order valence-corrected chi connectivity index (χ4v) is 4.60. The molecule has 0 aromatic heterocycles. The predicted molar refractivity (Wildman–Crippen MR) is 150 cm³/mol. The molecule has 0 heterocycles. The average Bonchev–Trinajstić information content (AvgIpc) is 2.87. The Morgan fingerprint density at radius 3 is 2.51 bits per heavy atom. The molecule has 0 bridgehead atoms. The quantitative estimate of drug-likeness (QED) is 0.134. The molecule has 4 rings (SSSR count). The van der Waals surface area contributed by atoms with Crippen molar-refractivity contribution in [3.8, 4) is 17.2 Å². The monoisotopic (exact) mass is 644 g/mol. The summed E-state index contributed by atoms with van der Waals surface area (Å²) in [5, 5.41) is 6.43. The molecule has 4 aromatic carbocycles. The number of nitrogens with one attached hydrogen (secondary N) is 1. The van der Waals surface area contributed by atoms with Gasteiger partial charge in [-0.1, -0.05) is 36.4 Å². The van der Waals surface area contributed by atoms with Gasteiger partial charge in [-0.15, -0.1) is 0 Å². The van der Waals surface area contributed by atoms with Gasteiger partial charge in [0.05, 0.1) is 28.5 Å². The third-order valence-corrected chi connectivity index (χ3v) is 6.72. The van der Waals surface area contributed by atoms with Crippen LogP contribution in [0.15, 0.2) is 82.4 Å². The van der Waals surface area contributed by atoms with Crippen LogP contribution in [0.2, 0.25) is 0 Å². The molecule has 8 heteroatoms. The van der Waals surface area contributed by atoms with Gasteiger partial charge in [0.25, 0.3) is 5.91 Å². The zero-order valence-corrected chi connectivity index (χ0v) is 22.8. The summed E-state index contributed by atoms with van der Waals surface area (Å²) in [5.41, 5.74) is 4.77. The lowest BCUT2D eigenvalue weighted by Gasteiger charge is -2.14. The number of ether oxygens (including phenoxy) is 3. The Bertz CT molecular complexity index is 1410. The van der Waals surface area contributed by atoms with Gasteiger partial charge in [0, 0.05) is 5.56 Å². The summed E-state index contributed by atoms with van der Waals surface area (Å²) in [7, 11) is 3.15. The first-order chi connectivity index (χ1) is 17.0. The largest absolute Gasteiger partial charge is 0.496 e. The van der Waals surface area contributed by atoms with Crippen molar-refractivity contribution in [2.45, 2.75) is 6.61 Å². The number of halogens is 2. The zero-order chi connectivity index (χ0) is 24.8. The van der Waals surface area contributed by atoms with E-state index in [0.29, 0.717) is 33.9 Å². The van der Waals surface area contributed by atoms with Crippen molar-refractivity contribution in [3.05, 3.63) is 97.5 Å². The highest BCUT2D eigenvalue weighted by Crippen LogP contribution is 2.37. The molecule has 4 aromatic rings. The molecule has 35 heavy (non-hydrogen) atoms. The maximum atomic E-state index is 12.4. The molecule has 6 nitrogen and oxygen atoms in total. The van der Waals surface area contributed by atoms with E-state index in [1.807, 2.05) is 24.3 Å². The summed E-state index contributed by atoms with van der Waals surface area (Å²) in [5.74, 6) is 1.44. The van der Waals surface area contributed by atoms with E-state index < -0.39 is 0 Å². The van der Waals surface area contributed by atoms with Crippen LogP contribution in [0.3, 0.4) is 0 Å². The Morgan fingerprint density at radius 2 is 1.74 bits per heavy atom. The number of carbonyl (C=O) groups excluding carboxylic acids is 1. The summed E-state index contributed by atoms with van der Waals surface area (Å²) >= 11 is 5.71. The van der Waals surface area contributed by atoms with Crippen LogP contribution in [-0.2, 0) is 6.61 Å². The van der Waals surface area contributed by atoms with Crippen LogP contribution >= 0.6 is 38.5 Å². The lowest BCUT2D eigenvalue weighted by atomic mass is 10.1. The number of methoxy groups -OCH3 is 2. The molecule has 0 aliphatic heterocycles. The molecule has 0 saturated carbocycles. The summed E-state index contributed by atoms with van der Waals surface area (Å²) in [6, 6.07) is 23.3. The number of rotatable bonds is 8. The summed E-state index contributed by atoms with van der Waals surface area (Å²) < 4.78 is 18.5. The van der Waals surface area contributed by atoms with E-state index in [-0.39, 0.29) is 5.91 Å². The number of carbonyl (C=O) groups is 1. The Kier molecular flexibility index (Phi) is 8.25. The second-order valence-corrected chi connectivity index (χ2v) is 9.57. The molecule has 0 saturated heterocycles. The van der Waals surface area contributed by atoms with E-state index in [0.717, 1.165) is 20.1 Å². The fourth-order valence-electron chi connectivity index (χ4n) is 3.47. The first kappa shape index (κ1) is 25.0. The zero-order valence-electron chi connectivity index (χ0n) is 19.0. The van der Waals surface area contributed by atoms with Gasteiger partial charge in [-0.2, -0.15) is 5.10 Å². The lowest BCUT2D eigenvalue weighted by molar-refractivity contribution is 0.0954. The van der Waals surface area contributed by atoms with Crippen LogP contribution in [-0.4, -0.2) is 26.3 Å².